The number of carbonyl (C=O) groups excluding carboxylic acids is 1. The van der Waals surface area contributed by atoms with Crippen LogP contribution in [-0.2, 0) is 9.59 Å². The van der Waals surface area contributed by atoms with Crippen molar-refractivity contribution in [2.24, 2.45) is 5.73 Å². The zero-order valence-corrected chi connectivity index (χ0v) is 12.0. The van der Waals surface area contributed by atoms with Gasteiger partial charge in [0.2, 0.25) is 5.91 Å². The Morgan fingerprint density at radius 1 is 1.45 bits per heavy atom. The Kier molecular flexibility index (Phi) is 6.89. The largest absolute Gasteiger partial charge is 0.480 e. The van der Waals surface area contributed by atoms with Crippen LogP contribution in [-0.4, -0.2) is 41.6 Å². The highest BCUT2D eigenvalue weighted by Gasteiger charge is 2.15. The molecule has 0 fully saturated rings. The average Bonchev–Trinajstić information content (AvgIpc) is 2.43. The van der Waals surface area contributed by atoms with Crippen LogP contribution in [0.3, 0.4) is 0 Å². The number of carbonyl (C=O) groups is 2. The molecule has 0 saturated carbocycles. The van der Waals surface area contributed by atoms with Gasteiger partial charge in [0.25, 0.3) is 0 Å². The molecule has 20 heavy (non-hydrogen) atoms. The lowest BCUT2D eigenvalue weighted by molar-refractivity contribution is -0.139. The molecule has 0 aliphatic carbocycles. The number of thioether (sulfide) groups is 1. The Bertz CT molecular complexity index is 467. The summed E-state index contributed by atoms with van der Waals surface area (Å²) in [7, 11) is 0. The van der Waals surface area contributed by atoms with Crippen molar-refractivity contribution >= 4 is 29.3 Å². The van der Waals surface area contributed by atoms with Crippen LogP contribution < -0.4 is 15.8 Å². The van der Waals surface area contributed by atoms with E-state index in [9.17, 15) is 9.59 Å². The van der Waals surface area contributed by atoms with Crippen LogP contribution in [0.2, 0.25) is 0 Å². The number of ether oxygens (including phenoxy) is 1. The van der Waals surface area contributed by atoms with E-state index in [1.54, 1.807) is 36.0 Å². The van der Waals surface area contributed by atoms with E-state index in [0.717, 1.165) is 5.75 Å². The Balaban J connectivity index is 2.66. The lowest BCUT2D eigenvalue weighted by Crippen LogP contribution is -2.36. The van der Waals surface area contributed by atoms with Gasteiger partial charge in [0, 0.05) is 0 Å². The molecular formula is C13H18N2O4S. The van der Waals surface area contributed by atoms with Crippen molar-refractivity contribution in [3.8, 4) is 5.75 Å². The first-order valence-electron chi connectivity index (χ1n) is 6.03. The summed E-state index contributed by atoms with van der Waals surface area (Å²) < 4.78 is 5.10. The van der Waals surface area contributed by atoms with Gasteiger partial charge in [0.05, 0.1) is 11.7 Å². The SMILES string of the molecule is CSCC[C@H](N)C(=O)Nc1ccccc1OCC(=O)O. The molecule has 0 bridgehead atoms. The van der Waals surface area contributed by atoms with Gasteiger partial charge in [0.15, 0.2) is 6.61 Å². The molecule has 0 radical (unpaired) electrons. The van der Waals surface area contributed by atoms with E-state index in [1.165, 1.54) is 0 Å². The maximum atomic E-state index is 11.9. The third-order valence-electron chi connectivity index (χ3n) is 2.47. The first kappa shape index (κ1) is 16.3. The van der Waals surface area contributed by atoms with E-state index < -0.39 is 18.6 Å². The average molecular weight is 298 g/mol. The number of carboxylic acid groups (broad SMARTS) is 1. The highest BCUT2D eigenvalue weighted by atomic mass is 32.2. The fraction of sp³-hybridized carbons (Fsp3) is 0.385. The first-order valence-corrected chi connectivity index (χ1v) is 7.43. The van der Waals surface area contributed by atoms with Crippen LogP contribution in [0.4, 0.5) is 5.69 Å². The molecule has 6 nitrogen and oxygen atoms in total. The minimum atomic E-state index is -1.08. The third-order valence-corrected chi connectivity index (χ3v) is 3.11. The predicted molar refractivity (Wildman–Crippen MR) is 79.2 cm³/mol. The van der Waals surface area contributed by atoms with Crippen LogP contribution in [0.5, 0.6) is 5.75 Å². The molecule has 0 unspecified atom stereocenters. The monoisotopic (exact) mass is 298 g/mol. The number of para-hydroxylation sites is 2. The molecular weight excluding hydrogens is 280 g/mol. The van der Waals surface area contributed by atoms with Gasteiger partial charge in [-0.3, -0.25) is 4.79 Å². The second kappa shape index (κ2) is 8.44. The fourth-order valence-corrected chi connectivity index (χ4v) is 1.93. The molecule has 4 N–H and O–H groups in total. The molecule has 7 heteroatoms. The molecule has 1 rings (SSSR count). The summed E-state index contributed by atoms with van der Waals surface area (Å²) in [4.78, 5) is 22.4. The van der Waals surface area contributed by atoms with Gasteiger partial charge in [0.1, 0.15) is 5.75 Å². The molecule has 1 aromatic rings. The highest BCUT2D eigenvalue weighted by Crippen LogP contribution is 2.23. The maximum Gasteiger partial charge on any atom is 0.341 e. The lowest BCUT2D eigenvalue weighted by Gasteiger charge is -2.14. The summed E-state index contributed by atoms with van der Waals surface area (Å²) in [6.07, 6.45) is 2.52. The number of benzene rings is 1. The minimum Gasteiger partial charge on any atom is -0.480 e. The fourth-order valence-electron chi connectivity index (χ4n) is 1.44. The number of carboxylic acids is 1. The van der Waals surface area contributed by atoms with Crippen LogP contribution in [0.15, 0.2) is 24.3 Å². The van der Waals surface area contributed by atoms with Crippen LogP contribution >= 0.6 is 11.8 Å². The molecule has 0 saturated heterocycles. The second-order valence-corrected chi connectivity index (χ2v) is 5.04. The van der Waals surface area contributed by atoms with Gasteiger partial charge < -0.3 is 20.9 Å². The number of amides is 1. The van der Waals surface area contributed by atoms with Crippen molar-refractivity contribution in [1.82, 2.24) is 0 Å². The normalized spacial score (nSPS) is 11.7. The number of nitrogens with two attached hydrogens (primary N) is 1. The van der Waals surface area contributed by atoms with Crippen molar-refractivity contribution < 1.29 is 19.4 Å². The molecule has 110 valence electrons. The van der Waals surface area contributed by atoms with E-state index in [4.69, 9.17) is 15.6 Å². The molecule has 1 aromatic carbocycles. The van der Waals surface area contributed by atoms with Gasteiger partial charge in [-0.05, 0) is 30.6 Å². The zero-order chi connectivity index (χ0) is 15.0. The Morgan fingerprint density at radius 3 is 2.80 bits per heavy atom. The van der Waals surface area contributed by atoms with Crippen molar-refractivity contribution in [3.63, 3.8) is 0 Å². The molecule has 0 aromatic heterocycles. The smallest absolute Gasteiger partial charge is 0.341 e. The number of anilines is 1. The third kappa shape index (κ3) is 5.50. The summed E-state index contributed by atoms with van der Waals surface area (Å²) >= 11 is 1.62. The van der Waals surface area contributed by atoms with Gasteiger partial charge in [-0.1, -0.05) is 12.1 Å². The van der Waals surface area contributed by atoms with Crippen molar-refractivity contribution in [2.75, 3.05) is 23.9 Å². The molecule has 0 aliphatic rings. The summed E-state index contributed by atoms with van der Waals surface area (Å²) in [6, 6.07) is 6.04. The standard InChI is InChI=1S/C13H18N2O4S/c1-20-7-6-9(14)13(18)15-10-4-2-3-5-11(10)19-8-12(16)17/h2-5,9H,6-8,14H2,1H3,(H,15,18)(H,16,17)/t9-/m0/s1. The number of hydrogen-bond donors (Lipinski definition) is 3. The Hall–Kier alpha value is -1.73. The molecule has 1 amide bonds. The number of rotatable bonds is 8. The molecule has 0 aliphatic heterocycles. The van der Waals surface area contributed by atoms with E-state index in [0.29, 0.717) is 17.9 Å². The highest BCUT2D eigenvalue weighted by molar-refractivity contribution is 7.98. The second-order valence-electron chi connectivity index (χ2n) is 4.06. The zero-order valence-electron chi connectivity index (χ0n) is 11.2. The van der Waals surface area contributed by atoms with Gasteiger partial charge >= 0.3 is 5.97 Å². The predicted octanol–water partition coefficient (Wildman–Crippen LogP) is 1.17. The van der Waals surface area contributed by atoms with E-state index in [2.05, 4.69) is 5.32 Å². The molecule has 0 heterocycles. The topological polar surface area (TPSA) is 102 Å². The number of nitrogens with one attached hydrogen (secondary N) is 1. The molecule has 1 atom stereocenters. The summed E-state index contributed by atoms with van der Waals surface area (Å²) in [5.74, 6) is -0.292. The van der Waals surface area contributed by atoms with E-state index in [-0.39, 0.29) is 5.91 Å². The minimum absolute atomic E-state index is 0.306. The summed E-state index contributed by atoms with van der Waals surface area (Å²) in [5, 5.41) is 11.3. The lowest BCUT2D eigenvalue weighted by atomic mass is 10.2. The Morgan fingerprint density at radius 2 is 2.15 bits per heavy atom. The number of aliphatic carboxylic acids is 1. The van der Waals surface area contributed by atoms with Gasteiger partial charge in [-0.25, -0.2) is 4.79 Å². The number of hydrogen-bond acceptors (Lipinski definition) is 5. The first-order chi connectivity index (χ1) is 9.54. The van der Waals surface area contributed by atoms with Gasteiger partial charge in [-0.15, -0.1) is 0 Å². The van der Waals surface area contributed by atoms with Crippen LogP contribution in [0, 0.1) is 0 Å². The van der Waals surface area contributed by atoms with E-state index >= 15 is 0 Å². The Labute approximate surface area is 121 Å². The van der Waals surface area contributed by atoms with Gasteiger partial charge in [-0.2, -0.15) is 11.8 Å². The summed E-state index contributed by atoms with van der Waals surface area (Å²) in [5.41, 5.74) is 6.18. The van der Waals surface area contributed by atoms with E-state index in [1.807, 2.05) is 6.26 Å². The van der Waals surface area contributed by atoms with Crippen LogP contribution in [0.1, 0.15) is 6.42 Å². The van der Waals surface area contributed by atoms with Crippen molar-refractivity contribution in [1.29, 1.82) is 0 Å². The quantitative estimate of drug-likeness (QED) is 0.666. The van der Waals surface area contributed by atoms with Crippen molar-refractivity contribution in [2.45, 2.75) is 12.5 Å². The molecule has 0 spiro atoms. The van der Waals surface area contributed by atoms with Crippen LogP contribution in [0.25, 0.3) is 0 Å². The maximum absolute atomic E-state index is 11.9. The summed E-state index contributed by atoms with van der Waals surface area (Å²) in [6.45, 7) is -0.467. The van der Waals surface area contributed by atoms with Crippen molar-refractivity contribution in [3.05, 3.63) is 24.3 Å².